The van der Waals surface area contributed by atoms with E-state index in [1.165, 1.54) is 38.6 Å². The number of hydrogen-bond donors (Lipinski definition) is 0. The van der Waals surface area contributed by atoms with Crippen molar-refractivity contribution in [2.24, 2.45) is 0 Å². The van der Waals surface area contributed by atoms with Gasteiger partial charge in [-0.25, -0.2) is 4.79 Å². The Morgan fingerprint density at radius 2 is 1.91 bits per heavy atom. The zero-order valence-corrected chi connectivity index (χ0v) is 12.9. The fourth-order valence-corrected chi connectivity index (χ4v) is 1.51. The SMILES string of the molecule is COc1cc(OC)nc(OCN(C)OC(=O)c2cccnc2)n1. The Labute approximate surface area is 132 Å². The molecule has 2 aromatic rings. The summed E-state index contributed by atoms with van der Waals surface area (Å²) < 4.78 is 15.4. The molecular weight excluding hydrogens is 304 g/mol. The Kier molecular flexibility index (Phi) is 5.64. The van der Waals surface area contributed by atoms with Crippen LogP contribution in [0.25, 0.3) is 0 Å². The van der Waals surface area contributed by atoms with E-state index in [1.54, 1.807) is 18.3 Å². The molecule has 0 radical (unpaired) electrons. The predicted octanol–water partition coefficient (Wildman–Crippen LogP) is 0.929. The van der Waals surface area contributed by atoms with Crippen molar-refractivity contribution in [3.8, 4) is 17.8 Å². The standard InChI is InChI=1S/C14H16N4O5/c1-18(23-13(19)10-5-4-6-15-8-10)9-22-14-16-11(20-2)7-12(17-14)21-3/h4-8H,9H2,1-3H3. The average molecular weight is 320 g/mol. The lowest BCUT2D eigenvalue weighted by Gasteiger charge is -2.16. The summed E-state index contributed by atoms with van der Waals surface area (Å²) in [4.78, 5) is 28.8. The Morgan fingerprint density at radius 1 is 1.22 bits per heavy atom. The highest BCUT2D eigenvalue weighted by Crippen LogP contribution is 2.18. The molecule has 23 heavy (non-hydrogen) atoms. The van der Waals surface area contributed by atoms with Gasteiger partial charge in [-0.2, -0.15) is 9.97 Å². The van der Waals surface area contributed by atoms with E-state index in [1.807, 2.05) is 0 Å². The molecule has 0 saturated heterocycles. The molecule has 122 valence electrons. The lowest BCUT2D eigenvalue weighted by atomic mass is 10.3. The summed E-state index contributed by atoms with van der Waals surface area (Å²) in [5, 5.41) is 1.20. The van der Waals surface area contributed by atoms with E-state index < -0.39 is 5.97 Å². The summed E-state index contributed by atoms with van der Waals surface area (Å²) in [7, 11) is 4.46. The first-order chi connectivity index (χ1) is 11.1. The van der Waals surface area contributed by atoms with Crippen molar-refractivity contribution in [3.63, 3.8) is 0 Å². The number of rotatable bonds is 7. The van der Waals surface area contributed by atoms with Gasteiger partial charge in [-0.3, -0.25) is 4.98 Å². The van der Waals surface area contributed by atoms with Crippen molar-refractivity contribution in [2.45, 2.75) is 0 Å². The number of carbonyl (C=O) groups is 1. The number of hydroxylamine groups is 2. The number of aromatic nitrogens is 3. The number of methoxy groups -OCH3 is 2. The van der Waals surface area contributed by atoms with Gasteiger partial charge in [-0.15, -0.1) is 5.06 Å². The molecule has 9 nitrogen and oxygen atoms in total. The molecule has 0 bridgehead atoms. The number of pyridine rings is 1. The second-order valence-electron chi connectivity index (χ2n) is 4.26. The first-order valence-corrected chi connectivity index (χ1v) is 6.55. The van der Waals surface area contributed by atoms with E-state index in [9.17, 15) is 4.79 Å². The quantitative estimate of drug-likeness (QED) is 0.545. The normalized spacial score (nSPS) is 10.3. The Morgan fingerprint density at radius 3 is 2.48 bits per heavy atom. The maximum atomic E-state index is 11.8. The molecule has 0 aliphatic heterocycles. The van der Waals surface area contributed by atoms with Crippen molar-refractivity contribution in [3.05, 3.63) is 36.2 Å². The second kappa shape index (κ2) is 7.90. The summed E-state index contributed by atoms with van der Waals surface area (Å²) in [5.74, 6) is 0.0389. The number of ether oxygens (including phenoxy) is 3. The first-order valence-electron chi connectivity index (χ1n) is 6.55. The van der Waals surface area contributed by atoms with E-state index in [-0.39, 0.29) is 12.7 Å². The summed E-state index contributed by atoms with van der Waals surface area (Å²) in [6.07, 6.45) is 2.98. The van der Waals surface area contributed by atoms with Gasteiger partial charge in [0.2, 0.25) is 11.8 Å². The minimum atomic E-state index is -0.548. The largest absolute Gasteiger partial charge is 0.481 e. The smallest absolute Gasteiger partial charge is 0.358 e. The van der Waals surface area contributed by atoms with Crippen molar-refractivity contribution < 1.29 is 23.8 Å². The van der Waals surface area contributed by atoms with Crippen LogP contribution in [0, 0.1) is 0 Å². The highest BCUT2D eigenvalue weighted by molar-refractivity contribution is 5.88. The Balaban J connectivity index is 1.91. The molecule has 2 heterocycles. The molecule has 0 N–H and O–H groups in total. The predicted molar refractivity (Wildman–Crippen MR) is 78.0 cm³/mol. The number of carbonyl (C=O) groups excluding carboxylic acids is 1. The van der Waals surface area contributed by atoms with Crippen LogP contribution in [0.2, 0.25) is 0 Å². The molecule has 0 atom stereocenters. The molecule has 9 heteroatoms. The highest BCUT2D eigenvalue weighted by Gasteiger charge is 2.12. The van der Waals surface area contributed by atoms with Gasteiger partial charge in [0.15, 0.2) is 6.73 Å². The lowest BCUT2D eigenvalue weighted by molar-refractivity contribution is -0.126. The van der Waals surface area contributed by atoms with Gasteiger partial charge in [0.25, 0.3) is 0 Å². The summed E-state index contributed by atoms with van der Waals surface area (Å²) in [6.45, 7) is -0.0810. The van der Waals surface area contributed by atoms with Gasteiger partial charge in [-0.05, 0) is 12.1 Å². The Bertz CT molecular complexity index is 631. The molecule has 2 rings (SSSR count). The summed E-state index contributed by atoms with van der Waals surface area (Å²) in [5.41, 5.74) is 0.332. The molecule has 0 spiro atoms. The van der Waals surface area contributed by atoms with Gasteiger partial charge in [0.05, 0.1) is 25.8 Å². The monoisotopic (exact) mass is 320 g/mol. The van der Waals surface area contributed by atoms with E-state index >= 15 is 0 Å². The third-order valence-corrected chi connectivity index (χ3v) is 2.59. The van der Waals surface area contributed by atoms with E-state index in [0.717, 1.165) is 0 Å². The minimum Gasteiger partial charge on any atom is -0.481 e. The van der Waals surface area contributed by atoms with Crippen molar-refractivity contribution in [1.82, 2.24) is 20.0 Å². The molecule has 0 unspecified atom stereocenters. The van der Waals surface area contributed by atoms with Crippen molar-refractivity contribution >= 4 is 5.97 Å². The van der Waals surface area contributed by atoms with E-state index in [4.69, 9.17) is 19.0 Å². The highest BCUT2D eigenvalue weighted by atomic mass is 16.7. The minimum absolute atomic E-state index is 0.0328. The molecule has 0 aliphatic rings. The van der Waals surface area contributed by atoms with Crippen LogP contribution in [0.4, 0.5) is 0 Å². The van der Waals surface area contributed by atoms with E-state index in [2.05, 4.69) is 15.0 Å². The molecule has 0 aliphatic carbocycles. The first kappa shape index (κ1) is 16.4. The van der Waals surface area contributed by atoms with Crippen LogP contribution in [0.15, 0.2) is 30.6 Å². The van der Waals surface area contributed by atoms with Gasteiger partial charge < -0.3 is 19.0 Å². The molecule has 0 amide bonds. The third kappa shape index (κ3) is 4.78. The van der Waals surface area contributed by atoms with Crippen molar-refractivity contribution in [2.75, 3.05) is 28.0 Å². The van der Waals surface area contributed by atoms with Crippen LogP contribution < -0.4 is 14.2 Å². The molecule has 0 aromatic carbocycles. The maximum Gasteiger partial charge on any atom is 0.358 e. The summed E-state index contributed by atoms with van der Waals surface area (Å²) in [6, 6.07) is 4.79. The zero-order chi connectivity index (χ0) is 16.7. The molecule has 0 saturated carbocycles. The second-order valence-corrected chi connectivity index (χ2v) is 4.26. The average Bonchev–Trinajstić information content (AvgIpc) is 2.60. The van der Waals surface area contributed by atoms with Gasteiger partial charge in [-0.1, -0.05) is 0 Å². The maximum absolute atomic E-state index is 11.8. The van der Waals surface area contributed by atoms with Crippen LogP contribution in [-0.4, -0.2) is 54.0 Å². The molecule has 2 aromatic heterocycles. The Hall–Kier alpha value is -2.94. The topological polar surface area (TPSA) is 95.9 Å². The molecule has 0 fully saturated rings. The van der Waals surface area contributed by atoms with Crippen LogP contribution in [-0.2, 0) is 4.84 Å². The third-order valence-electron chi connectivity index (χ3n) is 2.59. The van der Waals surface area contributed by atoms with Gasteiger partial charge in [0, 0.05) is 19.4 Å². The van der Waals surface area contributed by atoms with Crippen LogP contribution in [0.1, 0.15) is 10.4 Å². The van der Waals surface area contributed by atoms with Crippen LogP contribution >= 0.6 is 0 Å². The lowest BCUT2D eigenvalue weighted by Crippen LogP contribution is -2.27. The van der Waals surface area contributed by atoms with Crippen LogP contribution in [0.5, 0.6) is 17.8 Å². The van der Waals surface area contributed by atoms with E-state index in [0.29, 0.717) is 17.3 Å². The summed E-state index contributed by atoms with van der Waals surface area (Å²) >= 11 is 0. The van der Waals surface area contributed by atoms with Crippen LogP contribution in [0.3, 0.4) is 0 Å². The number of hydrogen-bond acceptors (Lipinski definition) is 9. The van der Waals surface area contributed by atoms with Crippen molar-refractivity contribution in [1.29, 1.82) is 0 Å². The van der Waals surface area contributed by atoms with Gasteiger partial charge >= 0.3 is 12.0 Å². The fourth-order valence-electron chi connectivity index (χ4n) is 1.51. The van der Waals surface area contributed by atoms with Gasteiger partial charge in [0.1, 0.15) is 0 Å². The fraction of sp³-hybridized carbons (Fsp3) is 0.286. The molecular formula is C14H16N4O5. The number of nitrogens with zero attached hydrogens (tertiary/aromatic N) is 4. The zero-order valence-electron chi connectivity index (χ0n) is 12.9.